The number of carbonyl (C=O) groups excluding carboxylic acids is 2. The van der Waals surface area contributed by atoms with Crippen molar-refractivity contribution in [2.24, 2.45) is 0 Å². The number of para-hydroxylation sites is 1. The van der Waals surface area contributed by atoms with Gasteiger partial charge in [-0.3, -0.25) is 9.59 Å². The number of halogens is 2. The fourth-order valence-electron chi connectivity index (χ4n) is 4.37. The number of carbonyl (C=O) groups is 2. The molecule has 1 aliphatic rings. The van der Waals surface area contributed by atoms with Crippen LogP contribution in [0.1, 0.15) is 27.9 Å². The molecule has 0 saturated heterocycles. The number of fused-ring (bicyclic) bond motifs is 2. The van der Waals surface area contributed by atoms with Gasteiger partial charge in [-0.15, -0.1) is 0 Å². The van der Waals surface area contributed by atoms with Gasteiger partial charge in [-0.2, -0.15) is 0 Å². The molecule has 1 atom stereocenters. The molecule has 4 nitrogen and oxygen atoms in total. The molecule has 0 bridgehead atoms. The number of benzene rings is 4. The summed E-state index contributed by atoms with van der Waals surface area (Å²) >= 11 is 12.7. The highest BCUT2D eigenvalue weighted by Crippen LogP contribution is 2.44. The lowest BCUT2D eigenvalue weighted by atomic mass is 9.88. The minimum absolute atomic E-state index is 0.0842. The van der Waals surface area contributed by atoms with Gasteiger partial charge in [0, 0.05) is 26.7 Å². The van der Waals surface area contributed by atoms with Gasteiger partial charge < -0.3 is 10.0 Å². The fraction of sp³-hybridized carbons (Fsp3) is 0.111. The summed E-state index contributed by atoms with van der Waals surface area (Å²) in [5.41, 5.74) is -0.0266. The van der Waals surface area contributed by atoms with Crippen molar-refractivity contribution in [1.82, 2.24) is 0 Å². The predicted octanol–water partition coefficient (Wildman–Crippen LogP) is 6.15. The van der Waals surface area contributed by atoms with E-state index in [-0.39, 0.29) is 18.7 Å². The van der Waals surface area contributed by atoms with E-state index >= 15 is 0 Å². The van der Waals surface area contributed by atoms with Gasteiger partial charge in [-0.1, -0.05) is 83.9 Å². The molecule has 1 amide bonds. The Labute approximate surface area is 201 Å². The van der Waals surface area contributed by atoms with Crippen molar-refractivity contribution in [3.05, 3.63) is 112 Å². The standard InChI is InChI=1S/C27H19Cl2NO3/c28-22-9-5-10-23(29)20(22)16-30-24-11-4-3-8-21(24)27(33,26(30)32)15-25(31)19-13-12-17-6-1-2-7-18(17)14-19/h1-14,33H,15-16H2. The molecule has 6 heteroatoms. The largest absolute Gasteiger partial charge is 0.375 e. The van der Waals surface area contributed by atoms with E-state index < -0.39 is 11.5 Å². The third-order valence-electron chi connectivity index (χ3n) is 6.11. The molecule has 1 unspecified atom stereocenters. The highest BCUT2D eigenvalue weighted by Gasteiger charge is 2.51. The monoisotopic (exact) mass is 475 g/mol. The van der Waals surface area contributed by atoms with Crippen molar-refractivity contribution >= 4 is 51.4 Å². The summed E-state index contributed by atoms with van der Waals surface area (Å²) < 4.78 is 0. The number of Topliss-reactive ketones (excluding diaryl/α,β-unsaturated/α-hetero) is 1. The molecule has 0 aromatic heterocycles. The van der Waals surface area contributed by atoms with Crippen molar-refractivity contribution in [3.63, 3.8) is 0 Å². The van der Waals surface area contributed by atoms with Gasteiger partial charge in [0.05, 0.1) is 18.7 Å². The highest BCUT2D eigenvalue weighted by molar-refractivity contribution is 6.36. The van der Waals surface area contributed by atoms with E-state index in [4.69, 9.17) is 23.2 Å². The van der Waals surface area contributed by atoms with Gasteiger partial charge in [0.15, 0.2) is 11.4 Å². The first-order valence-electron chi connectivity index (χ1n) is 10.5. The molecule has 1 aliphatic heterocycles. The fourth-order valence-corrected chi connectivity index (χ4v) is 4.89. The molecule has 5 rings (SSSR count). The predicted molar refractivity (Wildman–Crippen MR) is 131 cm³/mol. The topological polar surface area (TPSA) is 57.6 Å². The molecular formula is C27H19Cl2NO3. The third kappa shape index (κ3) is 3.70. The molecule has 0 aliphatic carbocycles. The Bertz CT molecular complexity index is 1400. The summed E-state index contributed by atoms with van der Waals surface area (Å²) in [6.45, 7) is 0.0842. The summed E-state index contributed by atoms with van der Waals surface area (Å²) in [6.07, 6.45) is -0.367. The molecule has 0 fully saturated rings. The van der Waals surface area contributed by atoms with Crippen LogP contribution in [0.15, 0.2) is 84.9 Å². The molecule has 4 aromatic carbocycles. The zero-order valence-electron chi connectivity index (χ0n) is 17.5. The first-order chi connectivity index (χ1) is 15.9. The van der Waals surface area contributed by atoms with Crippen LogP contribution in [-0.4, -0.2) is 16.8 Å². The lowest BCUT2D eigenvalue weighted by Gasteiger charge is -2.23. The molecule has 1 heterocycles. The van der Waals surface area contributed by atoms with Crippen LogP contribution in [0.2, 0.25) is 10.0 Å². The molecule has 33 heavy (non-hydrogen) atoms. The minimum Gasteiger partial charge on any atom is -0.375 e. The van der Waals surface area contributed by atoms with Gasteiger partial charge in [0.1, 0.15) is 0 Å². The zero-order valence-corrected chi connectivity index (χ0v) is 19.0. The number of ketones is 1. The van der Waals surface area contributed by atoms with Gasteiger partial charge in [-0.25, -0.2) is 0 Å². The first kappa shape index (κ1) is 21.7. The number of anilines is 1. The van der Waals surface area contributed by atoms with E-state index in [1.165, 1.54) is 4.90 Å². The molecule has 0 saturated carbocycles. The number of hydrogen-bond donors (Lipinski definition) is 1. The Morgan fingerprint density at radius 1 is 0.848 bits per heavy atom. The van der Waals surface area contributed by atoms with E-state index in [1.807, 2.05) is 30.3 Å². The smallest absolute Gasteiger partial charge is 0.264 e. The lowest BCUT2D eigenvalue weighted by molar-refractivity contribution is -0.136. The van der Waals surface area contributed by atoms with Crippen LogP contribution in [0, 0.1) is 0 Å². The summed E-state index contributed by atoms with van der Waals surface area (Å²) in [4.78, 5) is 28.2. The summed E-state index contributed by atoms with van der Waals surface area (Å²) in [5.74, 6) is -0.891. The van der Waals surface area contributed by atoms with E-state index in [1.54, 1.807) is 54.6 Å². The number of amides is 1. The Balaban J connectivity index is 1.50. The van der Waals surface area contributed by atoms with Crippen LogP contribution in [0.25, 0.3) is 10.8 Å². The molecule has 1 N–H and O–H groups in total. The van der Waals surface area contributed by atoms with Gasteiger partial charge in [0.2, 0.25) is 0 Å². The second kappa shape index (κ2) is 8.31. The molecule has 0 spiro atoms. The maximum atomic E-state index is 13.5. The summed E-state index contributed by atoms with van der Waals surface area (Å²) in [6, 6.07) is 25.2. The average Bonchev–Trinajstić information content (AvgIpc) is 3.02. The number of rotatable bonds is 5. The van der Waals surface area contributed by atoms with Crippen molar-refractivity contribution in [1.29, 1.82) is 0 Å². The average molecular weight is 476 g/mol. The first-order valence-corrected chi connectivity index (χ1v) is 11.2. The van der Waals surface area contributed by atoms with Crippen molar-refractivity contribution in [3.8, 4) is 0 Å². The van der Waals surface area contributed by atoms with E-state index in [0.717, 1.165) is 10.8 Å². The number of aliphatic hydroxyl groups is 1. The minimum atomic E-state index is -1.98. The van der Waals surface area contributed by atoms with Crippen molar-refractivity contribution in [2.75, 3.05) is 4.90 Å². The summed E-state index contributed by atoms with van der Waals surface area (Å²) in [7, 11) is 0. The van der Waals surface area contributed by atoms with Crippen molar-refractivity contribution < 1.29 is 14.7 Å². The van der Waals surface area contributed by atoms with Crippen LogP contribution < -0.4 is 4.90 Å². The highest BCUT2D eigenvalue weighted by atomic mass is 35.5. The second-order valence-electron chi connectivity index (χ2n) is 8.13. The van der Waals surface area contributed by atoms with Gasteiger partial charge in [0.25, 0.3) is 5.91 Å². The van der Waals surface area contributed by atoms with Crippen LogP contribution in [-0.2, 0) is 16.9 Å². The van der Waals surface area contributed by atoms with Crippen LogP contribution in [0.5, 0.6) is 0 Å². The van der Waals surface area contributed by atoms with Gasteiger partial charge >= 0.3 is 0 Å². The normalized spacial score (nSPS) is 17.4. The van der Waals surface area contributed by atoms with E-state index in [2.05, 4.69) is 0 Å². The Kier molecular flexibility index (Phi) is 5.45. The maximum absolute atomic E-state index is 13.5. The van der Waals surface area contributed by atoms with Crippen molar-refractivity contribution in [2.45, 2.75) is 18.6 Å². The van der Waals surface area contributed by atoms with Crippen LogP contribution in [0.4, 0.5) is 5.69 Å². The second-order valence-corrected chi connectivity index (χ2v) is 8.95. The Hall–Kier alpha value is -3.18. The molecule has 0 radical (unpaired) electrons. The number of nitrogens with zero attached hydrogens (tertiary/aromatic N) is 1. The third-order valence-corrected chi connectivity index (χ3v) is 6.81. The Morgan fingerprint density at radius 2 is 1.52 bits per heavy atom. The lowest BCUT2D eigenvalue weighted by Crippen LogP contribution is -2.41. The van der Waals surface area contributed by atoms with Gasteiger partial charge in [-0.05, 0) is 35.0 Å². The Morgan fingerprint density at radius 3 is 2.27 bits per heavy atom. The maximum Gasteiger partial charge on any atom is 0.264 e. The van der Waals surface area contributed by atoms with E-state index in [9.17, 15) is 14.7 Å². The SMILES string of the molecule is O=C(CC1(O)C(=O)N(Cc2c(Cl)cccc2Cl)c2ccccc21)c1ccc2ccccc2c1. The number of hydrogen-bond acceptors (Lipinski definition) is 3. The summed E-state index contributed by atoms with van der Waals surface area (Å²) in [5, 5.41) is 14.4. The molecule has 4 aromatic rings. The molecule has 164 valence electrons. The molecular weight excluding hydrogens is 457 g/mol. The van der Waals surface area contributed by atoms with Crippen LogP contribution in [0.3, 0.4) is 0 Å². The zero-order chi connectivity index (χ0) is 23.2. The quantitative estimate of drug-likeness (QED) is 0.352. The van der Waals surface area contributed by atoms with Crippen LogP contribution >= 0.6 is 23.2 Å². The van der Waals surface area contributed by atoms with E-state index in [0.29, 0.717) is 32.4 Å².